The Hall–Kier alpha value is -2.74. The third kappa shape index (κ3) is 3.96. The molecule has 0 saturated heterocycles. The number of anilines is 2. The molecule has 1 amide bonds. The van der Waals surface area contributed by atoms with Crippen LogP contribution in [0.1, 0.15) is 41.8 Å². The van der Waals surface area contributed by atoms with Gasteiger partial charge in [-0.2, -0.15) is 0 Å². The summed E-state index contributed by atoms with van der Waals surface area (Å²) in [7, 11) is -3.34. The van der Waals surface area contributed by atoms with E-state index in [-0.39, 0.29) is 12.0 Å². The summed E-state index contributed by atoms with van der Waals surface area (Å²) in [5.41, 5.74) is 3.61. The highest BCUT2D eigenvalue weighted by atomic mass is 32.2. The van der Waals surface area contributed by atoms with Crippen LogP contribution in [0.3, 0.4) is 0 Å². The number of hydrogen-bond acceptors (Lipinski definition) is 5. The van der Waals surface area contributed by atoms with Crippen molar-refractivity contribution in [1.29, 1.82) is 0 Å². The summed E-state index contributed by atoms with van der Waals surface area (Å²) in [6.07, 6.45) is 3.57. The maximum atomic E-state index is 13.0. The molecule has 160 valence electrons. The van der Waals surface area contributed by atoms with Gasteiger partial charge in [-0.15, -0.1) is 0 Å². The second-order valence-electron chi connectivity index (χ2n) is 7.76. The van der Waals surface area contributed by atoms with Gasteiger partial charge in [0.1, 0.15) is 17.6 Å². The molecule has 1 N–H and O–H groups in total. The Labute approximate surface area is 177 Å². The summed E-state index contributed by atoms with van der Waals surface area (Å²) in [5.74, 6) is 1.10. The molecule has 2 aromatic carbocycles. The van der Waals surface area contributed by atoms with Crippen LogP contribution in [0.2, 0.25) is 0 Å². The fourth-order valence-electron chi connectivity index (χ4n) is 4.05. The normalized spacial score (nSPS) is 17.7. The summed E-state index contributed by atoms with van der Waals surface area (Å²) in [6.45, 7) is 4.85. The van der Waals surface area contributed by atoms with E-state index in [1.54, 1.807) is 18.2 Å². The number of rotatable bonds is 5. The Morgan fingerprint density at radius 1 is 1.27 bits per heavy atom. The molecule has 0 bridgehead atoms. The summed E-state index contributed by atoms with van der Waals surface area (Å²) < 4.78 is 37.0. The zero-order chi connectivity index (χ0) is 21.5. The van der Waals surface area contributed by atoms with Gasteiger partial charge < -0.3 is 14.8 Å². The lowest BCUT2D eigenvalue weighted by Crippen LogP contribution is -2.34. The van der Waals surface area contributed by atoms with Crippen LogP contribution in [0.25, 0.3) is 0 Å². The number of ether oxygens (including phenoxy) is 2. The number of amides is 1. The van der Waals surface area contributed by atoms with E-state index in [1.807, 2.05) is 26.0 Å². The molecule has 8 heteroatoms. The van der Waals surface area contributed by atoms with E-state index in [9.17, 15) is 13.2 Å². The summed E-state index contributed by atoms with van der Waals surface area (Å²) >= 11 is 0. The Balaban J connectivity index is 1.61. The van der Waals surface area contributed by atoms with Gasteiger partial charge in [0.25, 0.3) is 5.91 Å². The molecule has 2 aliphatic heterocycles. The molecular formula is C22H26N2O5S. The van der Waals surface area contributed by atoms with Crippen molar-refractivity contribution in [3.8, 4) is 11.5 Å². The van der Waals surface area contributed by atoms with E-state index >= 15 is 0 Å². The molecule has 0 radical (unpaired) electrons. The lowest BCUT2D eigenvalue weighted by atomic mass is 10.0. The largest absolute Gasteiger partial charge is 0.492 e. The Bertz CT molecular complexity index is 1100. The van der Waals surface area contributed by atoms with Gasteiger partial charge in [0, 0.05) is 30.2 Å². The molecule has 2 heterocycles. The number of aryl methyl sites for hydroxylation is 1. The molecule has 2 aromatic rings. The zero-order valence-electron chi connectivity index (χ0n) is 17.4. The van der Waals surface area contributed by atoms with Crippen molar-refractivity contribution in [2.45, 2.75) is 39.2 Å². The predicted molar refractivity (Wildman–Crippen MR) is 116 cm³/mol. The van der Waals surface area contributed by atoms with Crippen LogP contribution in [-0.4, -0.2) is 39.8 Å². The molecule has 7 nitrogen and oxygen atoms in total. The lowest BCUT2D eigenvalue weighted by Gasteiger charge is -2.29. The Kier molecular flexibility index (Phi) is 5.36. The fourth-order valence-corrected chi connectivity index (χ4v) is 5.05. The van der Waals surface area contributed by atoms with Crippen molar-refractivity contribution >= 4 is 27.3 Å². The van der Waals surface area contributed by atoms with E-state index in [2.05, 4.69) is 5.32 Å². The number of carbonyl (C=O) groups is 1. The second-order valence-corrected chi connectivity index (χ2v) is 9.66. The molecule has 0 unspecified atom stereocenters. The summed E-state index contributed by atoms with van der Waals surface area (Å²) in [5, 5.41) is 2.93. The molecule has 0 aliphatic carbocycles. The highest BCUT2D eigenvalue weighted by Crippen LogP contribution is 2.38. The van der Waals surface area contributed by atoms with E-state index < -0.39 is 10.0 Å². The van der Waals surface area contributed by atoms with E-state index in [0.717, 1.165) is 36.1 Å². The second kappa shape index (κ2) is 7.83. The number of hydrogen-bond donors (Lipinski definition) is 1. The molecule has 0 fully saturated rings. The molecule has 0 saturated carbocycles. The quantitative estimate of drug-likeness (QED) is 0.786. The molecule has 1 atom stereocenters. The van der Waals surface area contributed by atoms with Gasteiger partial charge in [0.05, 0.1) is 24.2 Å². The number of carbonyl (C=O) groups excluding carboxylic acids is 1. The van der Waals surface area contributed by atoms with Crippen LogP contribution in [-0.2, 0) is 22.9 Å². The van der Waals surface area contributed by atoms with Crippen molar-refractivity contribution in [2.75, 3.05) is 29.0 Å². The first-order valence-electron chi connectivity index (χ1n) is 10.1. The van der Waals surface area contributed by atoms with Crippen molar-refractivity contribution in [3.63, 3.8) is 0 Å². The van der Waals surface area contributed by atoms with Crippen molar-refractivity contribution < 1.29 is 22.7 Å². The predicted octanol–water partition coefficient (Wildman–Crippen LogP) is 3.37. The molecular weight excluding hydrogens is 404 g/mol. The summed E-state index contributed by atoms with van der Waals surface area (Å²) in [4.78, 5) is 13.0. The Morgan fingerprint density at radius 3 is 2.80 bits per heavy atom. The Morgan fingerprint density at radius 2 is 2.07 bits per heavy atom. The van der Waals surface area contributed by atoms with E-state index in [0.29, 0.717) is 35.8 Å². The maximum Gasteiger partial charge on any atom is 0.255 e. The minimum Gasteiger partial charge on any atom is -0.492 e. The van der Waals surface area contributed by atoms with Gasteiger partial charge in [-0.1, -0.05) is 0 Å². The SMILES string of the molecule is CCOc1cc2c(cc1NC(=O)c1ccc3c(c1)CCCN3S(C)(=O)=O)O[C@@H](C)C2. The van der Waals surface area contributed by atoms with Crippen LogP contribution < -0.4 is 19.1 Å². The van der Waals surface area contributed by atoms with Crippen LogP contribution in [0.5, 0.6) is 11.5 Å². The first kappa shape index (κ1) is 20.5. The number of fused-ring (bicyclic) bond motifs is 2. The lowest BCUT2D eigenvalue weighted by molar-refractivity contribution is 0.102. The number of nitrogens with one attached hydrogen (secondary N) is 1. The van der Waals surface area contributed by atoms with Gasteiger partial charge >= 0.3 is 0 Å². The third-order valence-corrected chi connectivity index (χ3v) is 6.54. The molecule has 2 aliphatic rings. The third-order valence-electron chi connectivity index (χ3n) is 5.36. The minimum absolute atomic E-state index is 0.0962. The van der Waals surface area contributed by atoms with Crippen LogP contribution in [0.15, 0.2) is 30.3 Å². The standard InChI is InChI=1S/C22H26N2O5S/c1-4-28-21-12-17-10-14(2)29-20(17)13-18(21)23-22(25)16-7-8-19-15(11-16)6-5-9-24(19)30(3,26)27/h7-8,11-14H,4-6,9-10H2,1-3H3,(H,23,25)/t14-/m0/s1. The molecule has 0 spiro atoms. The first-order chi connectivity index (χ1) is 14.3. The van der Waals surface area contributed by atoms with E-state index in [4.69, 9.17) is 9.47 Å². The van der Waals surface area contributed by atoms with Crippen LogP contribution in [0, 0.1) is 0 Å². The zero-order valence-corrected chi connectivity index (χ0v) is 18.2. The van der Waals surface area contributed by atoms with Gasteiger partial charge in [-0.3, -0.25) is 9.10 Å². The first-order valence-corrected chi connectivity index (χ1v) is 12.0. The highest BCUT2D eigenvalue weighted by molar-refractivity contribution is 7.92. The molecule has 30 heavy (non-hydrogen) atoms. The maximum absolute atomic E-state index is 13.0. The number of benzene rings is 2. The van der Waals surface area contributed by atoms with Crippen molar-refractivity contribution in [3.05, 3.63) is 47.0 Å². The highest BCUT2D eigenvalue weighted by Gasteiger charge is 2.26. The van der Waals surface area contributed by atoms with Gasteiger partial charge in [-0.25, -0.2) is 8.42 Å². The molecule has 4 rings (SSSR count). The monoisotopic (exact) mass is 430 g/mol. The van der Waals surface area contributed by atoms with Gasteiger partial charge in [0.15, 0.2) is 0 Å². The number of nitrogens with zero attached hydrogens (tertiary/aromatic N) is 1. The minimum atomic E-state index is -3.34. The van der Waals surface area contributed by atoms with E-state index in [1.165, 1.54) is 10.6 Å². The van der Waals surface area contributed by atoms with Crippen molar-refractivity contribution in [1.82, 2.24) is 0 Å². The topological polar surface area (TPSA) is 84.9 Å². The van der Waals surface area contributed by atoms with Gasteiger partial charge in [0.2, 0.25) is 10.0 Å². The van der Waals surface area contributed by atoms with Crippen LogP contribution >= 0.6 is 0 Å². The van der Waals surface area contributed by atoms with Gasteiger partial charge in [-0.05, 0) is 56.5 Å². The molecule has 0 aromatic heterocycles. The smallest absolute Gasteiger partial charge is 0.255 e. The van der Waals surface area contributed by atoms with Crippen LogP contribution in [0.4, 0.5) is 11.4 Å². The number of sulfonamides is 1. The average molecular weight is 431 g/mol. The summed E-state index contributed by atoms with van der Waals surface area (Å²) in [6, 6.07) is 8.87. The average Bonchev–Trinajstić information content (AvgIpc) is 3.05. The van der Waals surface area contributed by atoms with Crippen molar-refractivity contribution in [2.24, 2.45) is 0 Å². The fraction of sp³-hybridized carbons (Fsp3) is 0.409.